The number of nitrogens with one attached hydrogen (secondary N) is 1. The number of hydrogen-bond donors (Lipinski definition) is 3. The van der Waals surface area contributed by atoms with Gasteiger partial charge in [-0.3, -0.25) is 9.59 Å². The maximum Gasteiger partial charge on any atom is 0.326 e. The second-order valence-corrected chi connectivity index (χ2v) is 5.49. The van der Waals surface area contributed by atoms with E-state index in [1.165, 1.54) is 0 Å². The summed E-state index contributed by atoms with van der Waals surface area (Å²) in [6.45, 7) is 0. The Morgan fingerprint density at radius 2 is 1.81 bits per heavy atom. The number of carbonyl (C=O) groups is 3. The molecule has 0 fully saturated rings. The highest BCUT2D eigenvalue weighted by Gasteiger charge is 2.22. The fraction of sp³-hybridized carbons (Fsp3) is 0.357. The predicted molar refractivity (Wildman–Crippen MR) is 78.2 cm³/mol. The zero-order valence-corrected chi connectivity index (χ0v) is 12.1. The van der Waals surface area contributed by atoms with Crippen LogP contribution in [-0.2, 0) is 14.4 Å². The molecule has 0 aliphatic rings. The molecule has 21 heavy (non-hydrogen) atoms. The Hall–Kier alpha value is -2.02. The van der Waals surface area contributed by atoms with Crippen LogP contribution in [0.1, 0.15) is 19.3 Å². The average Bonchev–Trinajstić information content (AvgIpc) is 2.43. The molecule has 0 saturated heterocycles. The summed E-state index contributed by atoms with van der Waals surface area (Å²) < 4.78 is 0. The first kappa shape index (κ1) is 17.0. The summed E-state index contributed by atoms with van der Waals surface area (Å²) in [6.07, 6.45) is 0.133. The van der Waals surface area contributed by atoms with Crippen molar-refractivity contribution < 1.29 is 24.6 Å². The summed E-state index contributed by atoms with van der Waals surface area (Å²) in [5.74, 6) is -2.32. The Bertz CT molecular complexity index is 491. The highest BCUT2D eigenvalue weighted by Crippen LogP contribution is 2.18. The second kappa shape index (κ2) is 9.02. The Morgan fingerprint density at radius 1 is 1.14 bits per heavy atom. The van der Waals surface area contributed by atoms with Crippen LogP contribution in [0.4, 0.5) is 0 Å². The number of carboxylic acids is 2. The van der Waals surface area contributed by atoms with Crippen molar-refractivity contribution in [3.63, 3.8) is 0 Å². The van der Waals surface area contributed by atoms with Gasteiger partial charge in [0.1, 0.15) is 6.04 Å². The van der Waals surface area contributed by atoms with Crippen molar-refractivity contribution in [3.05, 3.63) is 30.3 Å². The summed E-state index contributed by atoms with van der Waals surface area (Å²) in [7, 11) is 0. The summed E-state index contributed by atoms with van der Waals surface area (Å²) >= 11 is 1.61. The van der Waals surface area contributed by atoms with Gasteiger partial charge >= 0.3 is 11.9 Å². The molecule has 0 saturated carbocycles. The molecule has 0 aliphatic heterocycles. The lowest BCUT2D eigenvalue weighted by Gasteiger charge is -2.12. The monoisotopic (exact) mass is 311 g/mol. The van der Waals surface area contributed by atoms with Crippen LogP contribution in [0, 0.1) is 0 Å². The Kier molecular flexibility index (Phi) is 7.31. The van der Waals surface area contributed by atoms with Crippen LogP contribution in [0.2, 0.25) is 0 Å². The fourth-order valence-corrected chi connectivity index (χ4v) is 2.45. The minimum Gasteiger partial charge on any atom is -0.481 e. The minimum atomic E-state index is -1.38. The highest BCUT2D eigenvalue weighted by atomic mass is 32.2. The molecule has 0 radical (unpaired) electrons. The molecule has 7 heteroatoms. The number of hydrogen-bond acceptors (Lipinski definition) is 4. The van der Waals surface area contributed by atoms with E-state index < -0.39 is 30.3 Å². The van der Waals surface area contributed by atoms with Crippen molar-refractivity contribution in [2.75, 3.05) is 5.75 Å². The van der Waals surface area contributed by atoms with E-state index in [-0.39, 0.29) is 6.42 Å². The number of amides is 1. The lowest BCUT2D eigenvalue weighted by atomic mass is 10.2. The Morgan fingerprint density at radius 3 is 2.38 bits per heavy atom. The van der Waals surface area contributed by atoms with E-state index >= 15 is 0 Å². The topological polar surface area (TPSA) is 104 Å². The average molecular weight is 311 g/mol. The minimum absolute atomic E-state index is 0.170. The molecule has 0 unspecified atom stereocenters. The number of aliphatic carboxylic acids is 2. The van der Waals surface area contributed by atoms with Crippen LogP contribution >= 0.6 is 11.8 Å². The third kappa shape index (κ3) is 7.36. The van der Waals surface area contributed by atoms with Crippen LogP contribution in [0.3, 0.4) is 0 Å². The lowest BCUT2D eigenvalue weighted by Crippen LogP contribution is -2.42. The summed E-state index contributed by atoms with van der Waals surface area (Å²) in [6, 6.07) is 8.34. The van der Waals surface area contributed by atoms with Gasteiger partial charge in [0, 0.05) is 11.3 Å². The van der Waals surface area contributed by atoms with Gasteiger partial charge in [-0.05, 0) is 24.3 Å². The molecule has 1 aromatic carbocycles. The largest absolute Gasteiger partial charge is 0.481 e. The Labute approximate surface area is 126 Å². The van der Waals surface area contributed by atoms with Crippen molar-refractivity contribution in [2.45, 2.75) is 30.2 Å². The second-order valence-electron chi connectivity index (χ2n) is 4.32. The van der Waals surface area contributed by atoms with E-state index in [4.69, 9.17) is 10.2 Å². The molecule has 3 N–H and O–H groups in total. The number of carbonyl (C=O) groups excluding carboxylic acids is 1. The Balaban J connectivity index is 2.26. The first-order valence-corrected chi connectivity index (χ1v) is 7.39. The predicted octanol–water partition coefficient (Wildman–Crippen LogP) is 1.60. The normalized spacial score (nSPS) is 11.6. The van der Waals surface area contributed by atoms with Gasteiger partial charge in [0.15, 0.2) is 0 Å². The van der Waals surface area contributed by atoms with Crippen molar-refractivity contribution >= 4 is 29.6 Å². The SMILES string of the molecule is O=C(O)C[C@H](NC(=O)CCCSc1ccccc1)C(=O)O. The lowest BCUT2D eigenvalue weighted by molar-refractivity contribution is -0.147. The zero-order valence-electron chi connectivity index (χ0n) is 11.3. The maximum atomic E-state index is 11.6. The van der Waals surface area contributed by atoms with Crippen LogP contribution in [0.5, 0.6) is 0 Å². The highest BCUT2D eigenvalue weighted by molar-refractivity contribution is 7.99. The molecular weight excluding hydrogens is 294 g/mol. The fourth-order valence-electron chi connectivity index (χ4n) is 1.58. The first-order valence-electron chi connectivity index (χ1n) is 6.41. The molecule has 0 heterocycles. The van der Waals surface area contributed by atoms with Gasteiger partial charge in [0.2, 0.25) is 5.91 Å². The van der Waals surface area contributed by atoms with Crippen LogP contribution in [0.15, 0.2) is 35.2 Å². The van der Waals surface area contributed by atoms with E-state index in [0.29, 0.717) is 6.42 Å². The molecule has 1 aromatic rings. The molecule has 0 aliphatic carbocycles. The van der Waals surface area contributed by atoms with Crippen LogP contribution in [0.25, 0.3) is 0 Å². The van der Waals surface area contributed by atoms with Crippen molar-refractivity contribution in [1.29, 1.82) is 0 Å². The molecule has 0 spiro atoms. The van der Waals surface area contributed by atoms with Crippen LogP contribution in [-0.4, -0.2) is 39.9 Å². The van der Waals surface area contributed by atoms with Gasteiger partial charge < -0.3 is 15.5 Å². The van der Waals surface area contributed by atoms with Gasteiger partial charge in [-0.25, -0.2) is 4.79 Å². The van der Waals surface area contributed by atoms with Gasteiger partial charge in [-0.15, -0.1) is 11.8 Å². The van der Waals surface area contributed by atoms with Crippen molar-refractivity contribution in [2.24, 2.45) is 0 Å². The number of carboxylic acid groups (broad SMARTS) is 2. The molecule has 114 valence electrons. The van der Waals surface area contributed by atoms with E-state index in [0.717, 1.165) is 10.6 Å². The quantitative estimate of drug-likeness (QED) is 0.473. The molecule has 0 aromatic heterocycles. The summed E-state index contributed by atoms with van der Waals surface area (Å²) in [5.41, 5.74) is 0. The number of rotatable bonds is 9. The molecule has 0 bridgehead atoms. The van der Waals surface area contributed by atoms with Crippen molar-refractivity contribution in [3.8, 4) is 0 Å². The van der Waals surface area contributed by atoms with E-state index in [2.05, 4.69) is 5.32 Å². The third-order valence-electron chi connectivity index (χ3n) is 2.57. The van der Waals surface area contributed by atoms with E-state index in [1.54, 1.807) is 11.8 Å². The molecule has 6 nitrogen and oxygen atoms in total. The zero-order chi connectivity index (χ0) is 15.7. The third-order valence-corrected chi connectivity index (χ3v) is 3.67. The van der Waals surface area contributed by atoms with Gasteiger partial charge in [0.05, 0.1) is 6.42 Å². The maximum absolute atomic E-state index is 11.6. The van der Waals surface area contributed by atoms with E-state index in [1.807, 2.05) is 30.3 Å². The van der Waals surface area contributed by atoms with Crippen LogP contribution < -0.4 is 5.32 Å². The van der Waals surface area contributed by atoms with Gasteiger partial charge in [0.25, 0.3) is 0 Å². The number of thioether (sulfide) groups is 1. The molecule has 1 atom stereocenters. The van der Waals surface area contributed by atoms with E-state index in [9.17, 15) is 14.4 Å². The molecular formula is C14H17NO5S. The molecule has 1 amide bonds. The first-order chi connectivity index (χ1) is 9.99. The van der Waals surface area contributed by atoms with Gasteiger partial charge in [-0.2, -0.15) is 0 Å². The van der Waals surface area contributed by atoms with Gasteiger partial charge in [-0.1, -0.05) is 18.2 Å². The summed E-state index contributed by atoms with van der Waals surface area (Å²) in [4.78, 5) is 34.0. The smallest absolute Gasteiger partial charge is 0.326 e. The summed E-state index contributed by atoms with van der Waals surface area (Å²) in [5, 5.41) is 19.6. The standard InChI is InChI=1S/C14H17NO5S/c16-12(15-11(14(19)20)9-13(17)18)7-4-8-21-10-5-2-1-3-6-10/h1-3,5-6,11H,4,7-9H2,(H,15,16)(H,17,18)(H,19,20)/t11-/m0/s1. The molecule has 1 rings (SSSR count). The van der Waals surface area contributed by atoms with Crippen molar-refractivity contribution in [1.82, 2.24) is 5.32 Å². The number of benzene rings is 1.